The van der Waals surface area contributed by atoms with Gasteiger partial charge in [-0.1, -0.05) is 62.3 Å². The Kier molecular flexibility index (Phi) is 4.00. The van der Waals surface area contributed by atoms with Crippen LogP contribution in [0.5, 0.6) is 0 Å². The summed E-state index contributed by atoms with van der Waals surface area (Å²) >= 11 is 0. The van der Waals surface area contributed by atoms with Gasteiger partial charge in [0.2, 0.25) is 11.4 Å². The molecule has 0 saturated heterocycles. The van der Waals surface area contributed by atoms with Crippen molar-refractivity contribution in [1.29, 1.82) is 0 Å². The average Bonchev–Trinajstić information content (AvgIpc) is 3.28. The number of aryl methyl sites for hydroxylation is 1. The van der Waals surface area contributed by atoms with Crippen LogP contribution >= 0.6 is 0 Å². The second-order valence-electron chi connectivity index (χ2n) is 8.80. The van der Waals surface area contributed by atoms with Gasteiger partial charge in [0.25, 0.3) is 0 Å². The highest BCUT2D eigenvalue weighted by Gasteiger charge is 2.27. The van der Waals surface area contributed by atoms with Crippen LogP contribution in [0.2, 0.25) is 0 Å². The van der Waals surface area contributed by atoms with Gasteiger partial charge in [0.05, 0.1) is 13.5 Å². The number of benzene rings is 3. The molecule has 0 fully saturated rings. The largest absolute Gasteiger partial charge is 0.466 e. The fourth-order valence-corrected chi connectivity index (χ4v) is 5.03. The number of pyridine rings is 1. The second-order valence-corrected chi connectivity index (χ2v) is 8.80. The van der Waals surface area contributed by atoms with Gasteiger partial charge in [0, 0.05) is 34.8 Å². The minimum atomic E-state index is -2.57. The number of rotatable bonds is 3. The second kappa shape index (κ2) is 8.15. The molecule has 0 radical (unpaired) electrons. The van der Waals surface area contributed by atoms with Crippen LogP contribution in [0.25, 0.3) is 49.2 Å². The highest BCUT2D eigenvalue weighted by Crippen LogP contribution is 2.45. The van der Waals surface area contributed by atoms with E-state index in [1.807, 2.05) is 49.4 Å². The van der Waals surface area contributed by atoms with Gasteiger partial charge in [-0.15, -0.1) is 0 Å². The third-order valence-corrected chi connectivity index (χ3v) is 6.64. The lowest BCUT2D eigenvalue weighted by Crippen LogP contribution is -2.37. The molecule has 2 aromatic heterocycles. The van der Waals surface area contributed by atoms with Crippen molar-refractivity contribution >= 4 is 27.6 Å². The molecule has 0 saturated carbocycles. The zero-order valence-corrected chi connectivity index (χ0v) is 20.0. The van der Waals surface area contributed by atoms with Crippen molar-refractivity contribution in [3.05, 3.63) is 94.4 Å². The fraction of sp³-hybridized carbons (Fsp3) is 0.226. The third-order valence-electron chi connectivity index (χ3n) is 6.64. The van der Waals surface area contributed by atoms with Crippen LogP contribution in [-0.4, -0.2) is 0 Å². The quantitative estimate of drug-likeness (QED) is 0.200. The molecule has 3 nitrogen and oxygen atoms in total. The van der Waals surface area contributed by atoms with E-state index in [0.717, 1.165) is 27.5 Å². The van der Waals surface area contributed by atoms with Crippen LogP contribution < -0.4 is 4.57 Å². The van der Waals surface area contributed by atoms with Crippen molar-refractivity contribution in [3.63, 3.8) is 0 Å². The maximum atomic E-state index is 9.22. The summed E-state index contributed by atoms with van der Waals surface area (Å²) in [6.45, 7) is 12.0. The molecule has 5 aromatic rings. The molecule has 3 aromatic carbocycles. The molecule has 0 N–H and O–H groups in total. The first-order valence-electron chi connectivity index (χ1n) is 13.7. The van der Waals surface area contributed by atoms with Crippen LogP contribution in [-0.2, 0) is 7.05 Å². The number of aromatic nitrogens is 1. The molecule has 3 heteroatoms. The van der Waals surface area contributed by atoms with Gasteiger partial charge in [0.15, 0.2) is 5.69 Å². The first-order chi connectivity index (χ1) is 18.3. The molecule has 2 heterocycles. The van der Waals surface area contributed by atoms with Crippen molar-refractivity contribution < 1.29 is 15.8 Å². The van der Waals surface area contributed by atoms with Crippen LogP contribution in [0.4, 0.5) is 5.69 Å². The van der Waals surface area contributed by atoms with Crippen molar-refractivity contribution in [3.8, 4) is 22.4 Å². The number of furan rings is 1. The topological polar surface area (TPSA) is 21.4 Å². The zero-order valence-electron chi connectivity index (χ0n) is 25.0. The first kappa shape index (κ1) is 16.7. The van der Waals surface area contributed by atoms with E-state index < -0.39 is 12.7 Å². The number of fused-ring (bicyclic) bond motifs is 3. The van der Waals surface area contributed by atoms with Gasteiger partial charge in [-0.05, 0) is 48.1 Å². The Hall–Kier alpha value is -3.90. The van der Waals surface area contributed by atoms with Crippen molar-refractivity contribution in [2.24, 2.45) is 7.05 Å². The first-order valence-corrected chi connectivity index (χ1v) is 11.2. The highest BCUT2D eigenvalue weighted by molar-refractivity contribution is 6.18. The average molecular weight is 451 g/mol. The maximum Gasteiger partial charge on any atom is 0.229 e. The molecular formula is C31H29N2O+. The highest BCUT2D eigenvalue weighted by atomic mass is 16.3. The van der Waals surface area contributed by atoms with Crippen LogP contribution in [0.3, 0.4) is 0 Å². The Morgan fingerprint density at radius 1 is 1.06 bits per heavy atom. The maximum absolute atomic E-state index is 9.22. The predicted molar refractivity (Wildman–Crippen MR) is 140 cm³/mol. The molecule has 34 heavy (non-hydrogen) atoms. The molecule has 0 amide bonds. The molecule has 1 unspecified atom stereocenters. The summed E-state index contributed by atoms with van der Waals surface area (Å²) in [5.41, 5.74) is 6.99. The van der Waals surface area contributed by atoms with Crippen LogP contribution in [0.1, 0.15) is 48.9 Å². The Morgan fingerprint density at radius 3 is 2.53 bits per heavy atom. The smallest absolute Gasteiger partial charge is 0.229 e. The SMILES string of the molecule is [2H]c1c(C)c(C([2H])(C)C([2H])([2H])[2H])c(C)[n+](C)c1-c1c(C)cc(-c2ccccc2)c2c1oc1c([N+]#[C-])cccc12. The minimum absolute atomic E-state index is 0.142. The molecule has 5 rings (SSSR count). The van der Waals surface area contributed by atoms with Crippen LogP contribution in [0, 0.1) is 27.3 Å². The van der Waals surface area contributed by atoms with E-state index in [0.29, 0.717) is 44.9 Å². The number of nitrogens with zero attached hydrogens (tertiary/aromatic N) is 2. The molecule has 168 valence electrons. The van der Waals surface area contributed by atoms with Gasteiger partial charge < -0.3 is 4.42 Å². The lowest BCUT2D eigenvalue weighted by atomic mass is 9.90. The van der Waals surface area contributed by atoms with Gasteiger partial charge >= 0.3 is 0 Å². The summed E-state index contributed by atoms with van der Waals surface area (Å²) in [6, 6.07) is 17.8. The van der Waals surface area contributed by atoms with Crippen LogP contribution in [0.15, 0.2) is 65.1 Å². The number of hydrogen-bond acceptors (Lipinski definition) is 1. The van der Waals surface area contributed by atoms with E-state index in [-0.39, 0.29) is 6.04 Å². The minimum Gasteiger partial charge on any atom is -0.466 e. The normalized spacial score (nSPS) is 15.7. The third kappa shape index (κ3) is 3.22. The molecule has 0 aliphatic rings. The monoisotopic (exact) mass is 450 g/mol. The molecule has 0 bridgehead atoms. The van der Waals surface area contributed by atoms with E-state index in [1.54, 1.807) is 31.5 Å². The number of hydrogen-bond donors (Lipinski definition) is 0. The Balaban J connectivity index is 1.96. The van der Waals surface area contributed by atoms with E-state index in [1.165, 1.54) is 6.92 Å². The summed E-state index contributed by atoms with van der Waals surface area (Å²) < 4.78 is 50.3. The van der Waals surface area contributed by atoms with Gasteiger partial charge in [0.1, 0.15) is 18.2 Å². The summed E-state index contributed by atoms with van der Waals surface area (Å²) in [7, 11) is 1.80. The summed E-state index contributed by atoms with van der Waals surface area (Å²) in [5.74, 6) is -1.89. The molecule has 0 aliphatic carbocycles. The van der Waals surface area contributed by atoms with Crippen molar-refractivity contribution in [1.82, 2.24) is 0 Å². The lowest BCUT2D eigenvalue weighted by Gasteiger charge is -2.16. The zero-order chi connectivity index (χ0) is 28.4. The van der Waals surface area contributed by atoms with E-state index in [4.69, 9.17) is 16.5 Å². The predicted octanol–water partition coefficient (Wildman–Crippen LogP) is 8.34. The van der Waals surface area contributed by atoms with Gasteiger partial charge in [-0.3, -0.25) is 0 Å². The van der Waals surface area contributed by atoms with E-state index in [2.05, 4.69) is 10.9 Å². The van der Waals surface area contributed by atoms with Gasteiger partial charge in [-0.2, -0.15) is 4.57 Å². The molecule has 0 aliphatic heterocycles. The Morgan fingerprint density at radius 2 is 1.82 bits per heavy atom. The van der Waals surface area contributed by atoms with Crippen molar-refractivity contribution in [2.75, 3.05) is 0 Å². The lowest BCUT2D eigenvalue weighted by molar-refractivity contribution is -0.667. The van der Waals surface area contributed by atoms with Crippen molar-refractivity contribution in [2.45, 2.75) is 40.4 Å². The molecule has 1 atom stereocenters. The molecular weight excluding hydrogens is 416 g/mol. The summed E-state index contributed by atoms with van der Waals surface area (Å²) in [4.78, 5) is 3.69. The Labute approximate surface area is 208 Å². The number of para-hydroxylation sites is 1. The molecule has 0 spiro atoms. The summed E-state index contributed by atoms with van der Waals surface area (Å²) in [6.07, 6.45) is 0. The van der Waals surface area contributed by atoms with Gasteiger partial charge in [-0.25, -0.2) is 4.85 Å². The summed E-state index contributed by atoms with van der Waals surface area (Å²) in [5, 5.41) is 1.67. The fourth-order valence-electron chi connectivity index (χ4n) is 5.03. The Bertz CT molecular complexity index is 1800. The standard InChI is InChI=1S/C31H29N2O/c1-18(2)27-20(4)17-26(33(7)21(27)5)28-19(3)16-24(22-12-9-8-10-13-22)29-23-14-11-15-25(32-6)30(23)34-31(28)29/h8-18H,1-5,7H3/q+1/i1D3,17D,18D. The van der Waals surface area contributed by atoms with E-state index >= 15 is 0 Å². The van der Waals surface area contributed by atoms with E-state index in [9.17, 15) is 1.37 Å².